The van der Waals surface area contributed by atoms with Crippen molar-refractivity contribution in [1.29, 1.82) is 0 Å². The second-order valence-electron chi connectivity index (χ2n) is 6.16. The smallest absolute Gasteiger partial charge is 0.295 e. The summed E-state index contributed by atoms with van der Waals surface area (Å²) in [5, 5.41) is 14.4. The largest absolute Gasteiger partial charge is 0.503 e. The van der Waals surface area contributed by atoms with Gasteiger partial charge in [0.15, 0.2) is 17.3 Å². The minimum absolute atomic E-state index is 0.0360. The van der Waals surface area contributed by atoms with Crippen molar-refractivity contribution in [3.63, 3.8) is 0 Å². The van der Waals surface area contributed by atoms with Gasteiger partial charge in [-0.3, -0.25) is 19.5 Å². The van der Waals surface area contributed by atoms with Gasteiger partial charge < -0.3 is 14.0 Å². The van der Waals surface area contributed by atoms with Crippen molar-refractivity contribution in [3.8, 4) is 0 Å². The van der Waals surface area contributed by atoms with Gasteiger partial charge in [-0.2, -0.15) is 0 Å². The third-order valence-corrected chi connectivity index (χ3v) is 4.28. The average Bonchev–Trinajstić information content (AvgIpc) is 3.35. The van der Waals surface area contributed by atoms with Crippen LogP contribution in [-0.2, 0) is 4.79 Å². The first-order valence-electron chi connectivity index (χ1n) is 8.18. The van der Waals surface area contributed by atoms with E-state index in [1.165, 1.54) is 17.2 Å². The number of aliphatic hydroxyl groups excluding tert-OH is 1. The van der Waals surface area contributed by atoms with Crippen LogP contribution in [-0.4, -0.2) is 26.9 Å². The second kappa shape index (κ2) is 6.24. The van der Waals surface area contributed by atoms with E-state index in [0.717, 1.165) is 0 Å². The number of rotatable bonds is 4. The Labute approximate surface area is 153 Å². The molecule has 1 aliphatic rings. The van der Waals surface area contributed by atoms with E-state index < -0.39 is 23.5 Å². The summed E-state index contributed by atoms with van der Waals surface area (Å²) in [7, 11) is 0. The molecule has 4 rings (SSSR count). The van der Waals surface area contributed by atoms with Crippen LogP contribution in [0.25, 0.3) is 0 Å². The van der Waals surface area contributed by atoms with Gasteiger partial charge in [0.05, 0.1) is 11.6 Å². The number of furan rings is 1. The van der Waals surface area contributed by atoms with Crippen molar-refractivity contribution < 1.29 is 23.6 Å². The second-order valence-corrected chi connectivity index (χ2v) is 6.16. The third-order valence-electron chi connectivity index (χ3n) is 4.28. The lowest BCUT2D eigenvalue weighted by Crippen LogP contribution is -2.31. The lowest BCUT2D eigenvalue weighted by molar-refractivity contribution is -0.117. The van der Waals surface area contributed by atoms with E-state index in [1.807, 2.05) is 0 Å². The number of aryl methyl sites for hydroxylation is 2. The molecule has 0 aliphatic carbocycles. The normalized spacial score (nSPS) is 17.0. The number of aromatic nitrogens is 2. The quantitative estimate of drug-likeness (QED) is 0.708. The maximum absolute atomic E-state index is 13.0. The maximum Gasteiger partial charge on any atom is 0.295 e. The van der Waals surface area contributed by atoms with Gasteiger partial charge in [-0.05, 0) is 37.6 Å². The van der Waals surface area contributed by atoms with Gasteiger partial charge >= 0.3 is 0 Å². The fourth-order valence-corrected chi connectivity index (χ4v) is 3.08. The van der Waals surface area contributed by atoms with Crippen LogP contribution in [0, 0.1) is 13.8 Å². The first kappa shape index (κ1) is 16.8. The van der Waals surface area contributed by atoms with Crippen LogP contribution in [0.5, 0.6) is 0 Å². The number of Topliss-reactive ketones (excluding diaryl/α,β-unsaturated/α-hetero) is 1. The van der Waals surface area contributed by atoms with Crippen molar-refractivity contribution in [3.05, 3.63) is 76.9 Å². The Kier molecular flexibility index (Phi) is 3.88. The van der Waals surface area contributed by atoms with Gasteiger partial charge in [0.2, 0.25) is 5.78 Å². The number of anilines is 1. The Morgan fingerprint density at radius 2 is 2.04 bits per heavy atom. The number of hydrogen-bond acceptors (Lipinski definition) is 7. The summed E-state index contributed by atoms with van der Waals surface area (Å²) in [6, 6.07) is 7.18. The van der Waals surface area contributed by atoms with Crippen LogP contribution in [0.2, 0.25) is 0 Å². The summed E-state index contributed by atoms with van der Waals surface area (Å²) in [5.41, 5.74) is 0.449. The molecule has 0 radical (unpaired) electrons. The fourth-order valence-electron chi connectivity index (χ4n) is 3.08. The maximum atomic E-state index is 13.0. The Balaban J connectivity index is 1.87. The van der Waals surface area contributed by atoms with Crippen molar-refractivity contribution >= 4 is 17.5 Å². The monoisotopic (exact) mass is 365 g/mol. The Hall–Kier alpha value is -3.68. The molecule has 1 amide bonds. The molecule has 136 valence electrons. The van der Waals surface area contributed by atoms with Gasteiger partial charge in [-0.1, -0.05) is 11.2 Å². The van der Waals surface area contributed by atoms with Crippen LogP contribution in [0.3, 0.4) is 0 Å². The summed E-state index contributed by atoms with van der Waals surface area (Å²) in [5.74, 6) is -0.712. The van der Waals surface area contributed by atoms with Crippen molar-refractivity contribution in [2.45, 2.75) is 19.9 Å². The van der Waals surface area contributed by atoms with Crippen LogP contribution in [0.4, 0.5) is 5.82 Å². The van der Waals surface area contributed by atoms with Gasteiger partial charge in [-0.15, -0.1) is 0 Å². The molecule has 0 bridgehead atoms. The molecular formula is C19H15N3O5. The fraction of sp³-hybridized carbons (Fsp3) is 0.158. The number of pyridine rings is 1. The molecule has 3 aromatic heterocycles. The predicted molar refractivity (Wildman–Crippen MR) is 93.1 cm³/mol. The molecular weight excluding hydrogens is 350 g/mol. The molecule has 1 atom stereocenters. The van der Waals surface area contributed by atoms with E-state index in [-0.39, 0.29) is 17.2 Å². The molecule has 27 heavy (non-hydrogen) atoms. The van der Waals surface area contributed by atoms with E-state index >= 15 is 0 Å². The molecule has 8 nitrogen and oxygen atoms in total. The predicted octanol–water partition coefficient (Wildman–Crippen LogP) is 3.06. The molecule has 0 aromatic carbocycles. The van der Waals surface area contributed by atoms with Crippen LogP contribution >= 0.6 is 0 Å². The Bertz CT molecular complexity index is 1060. The number of hydrogen-bond donors (Lipinski definition) is 1. The summed E-state index contributed by atoms with van der Waals surface area (Å²) >= 11 is 0. The molecule has 4 heterocycles. The highest BCUT2D eigenvalue weighted by atomic mass is 16.5. The van der Waals surface area contributed by atoms with Gasteiger partial charge in [0.25, 0.3) is 5.91 Å². The molecule has 0 saturated carbocycles. The average molecular weight is 365 g/mol. The van der Waals surface area contributed by atoms with E-state index in [1.54, 1.807) is 44.3 Å². The topological polar surface area (TPSA) is 110 Å². The molecule has 1 N–H and O–H groups in total. The van der Waals surface area contributed by atoms with Gasteiger partial charge in [-0.25, -0.2) is 0 Å². The Morgan fingerprint density at radius 3 is 2.63 bits per heavy atom. The first-order valence-corrected chi connectivity index (χ1v) is 8.18. The van der Waals surface area contributed by atoms with Gasteiger partial charge in [0, 0.05) is 18.5 Å². The zero-order chi connectivity index (χ0) is 19.1. The lowest BCUT2D eigenvalue weighted by atomic mass is 9.96. The van der Waals surface area contributed by atoms with Crippen molar-refractivity contribution in [2.75, 3.05) is 4.90 Å². The van der Waals surface area contributed by atoms with Crippen LogP contribution in [0.15, 0.2) is 63.0 Å². The molecule has 0 saturated heterocycles. The van der Waals surface area contributed by atoms with Crippen LogP contribution in [0.1, 0.15) is 33.7 Å². The van der Waals surface area contributed by atoms with Crippen LogP contribution < -0.4 is 4.90 Å². The molecule has 0 unspecified atom stereocenters. The number of ketones is 1. The van der Waals surface area contributed by atoms with Crippen molar-refractivity contribution in [1.82, 2.24) is 10.1 Å². The highest BCUT2D eigenvalue weighted by Crippen LogP contribution is 2.41. The summed E-state index contributed by atoms with van der Waals surface area (Å²) < 4.78 is 10.5. The minimum Gasteiger partial charge on any atom is -0.503 e. The lowest BCUT2D eigenvalue weighted by Gasteiger charge is -2.23. The van der Waals surface area contributed by atoms with E-state index in [2.05, 4.69) is 10.1 Å². The number of carbonyl (C=O) groups is 2. The summed E-state index contributed by atoms with van der Waals surface area (Å²) in [6.07, 6.45) is 3.10. The number of carbonyl (C=O) groups excluding carboxylic acids is 2. The minimum atomic E-state index is -0.909. The Morgan fingerprint density at radius 1 is 1.22 bits per heavy atom. The molecule has 1 aliphatic heterocycles. The number of nitrogens with zero attached hydrogens (tertiary/aromatic N) is 3. The SMILES string of the molecule is Cc1cc(N2C(=O)C(O)=C(C(=O)c3ccc(C)o3)[C@H]2c2cccnc2)no1. The first-order chi connectivity index (χ1) is 13.0. The summed E-state index contributed by atoms with van der Waals surface area (Å²) in [4.78, 5) is 31.1. The van der Waals surface area contributed by atoms with Crippen molar-refractivity contribution in [2.24, 2.45) is 0 Å². The number of aliphatic hydroxyl groups is 1. The zero-order valence-corrected chi connectivity index (χ0v) is 14.5. The number of amides is 1. The third kappa shape index (κ3) is 2.71. The summed E-state index contributed by atoms with van der Waals surface area (Å²) in [6.45, 7) is 3.38. The molecule has 0 fully saturated rings. The standard InChI is InChI=1S/C19H15N3O5/c1-10-5-6-13(26-10)17(23)15-16(12-4-3-7-20-9-12)22(19(25)18(15)24)14-8-11(2)27-21-14/h3-9,16,24H,1-2H3/t16-/m1/s1. The highest BCUT2D eigenvalue weighted by molar-refractivity contribution is 6.19. The zero-order valence-electron chi connectivity index (χ0n) is 14.5. The van der Waals surface area contributed by atoms with E-state index in [4.69, 9.17) is 8.94 Å². The van der Waals surface area contributed by atoms with E-state index in [9.17, 15) is 14.7 Å². The highest BCUT2D eigenvalue weighted by Gasteiger charge is 2.46. The molecule has 8 heteroatoms. The molecule has 3 aromatic rings. The molecule has 0 spiro atoms. The van der Waals surface area contributed by atoms with E-state index in [0.29, 0.717) is 17.1 Å². The van der Waals surface area contributed by atoms with Gasteiger partial charge in [0.1, 0.15) is 11.5 Å².